The fourth-order valence-corrected chi connectivity index (χ4v) is 1.61. The first-order valence-electron chi connectivity index (χ1n) is 6.69. The first-order chi connectivity index (χ1) is 9.04. The van der Waals surface area contributed by atoms with E-state index in [1.807, 2.05) is 6.92 Å². The standard InChI is InChI=1S/C14H22N2O3/c1-4-9-19-14-10-12(15-8-7-11(2)3)5-6-13(14)16(17)18/h5-6,10-11,15H,4,7-9H2,1-3H3. The Labute approximate surface area is 114 Å². The molecular weight excluding hydrogens is 244 g/mol. The summed E-state index contributed by atoms with van der Waals surface area (Å²) in [6.07, 6.45) is 1.88. The highest BCUT2D eigenvalue weighted by Crippen LogP contribution is 2.30. The van der Waals surface area contributed by atoms with Gasteiger partial charge in [-0.3, -0.25) is 10.1 Å². The van der Waals surface area contributed by atoms with Crippen molar-refractivity contribution in [2.24, 2.45) is 5.92 Å². The van der Waals surface area contributed by atoms with E-state index in [1.165, 1.54) is 6.07 Å². The summed E-state index contributed by atoms with van der Waals surface area (Å²) in [7, 11) is 0. The topological polar surface area (TPSA) is 64.4 Å². The van der Waals surface area contributed by atoms with Gasteiger partial charge in [-0.1, -0.05) is 20.8 Å². The van der Waals surface area contributed by atoms with E-state index in [-0.39, 0.29) is 5.69 Å². The van der Waals surface area contributed by atoms with E-state index in [1.54, 1.807) is 12.1 Å². The van der Waals surface area contributed by atoms with Gasteiger partial charge in [0.25, 0.3) is 0 Å². The maximum atomic E-state index is 10.9. The zero-order chi connectivity index (χ0) is 14.3. The van der Waals surface area contributed by atoms with E-state index in [2.05, 4.69) is 19.2 Å². The molecule has 0 saturated carbocycles. The van der Waals surface area contributed by atoms with E-state index in [9.17, 15) is 10.1 Å². The Morgan fingerprint density at radius 2 is 2.16 bits per heavy atom. The predicted octanol–water partition coefficient (Wildman–Crippen LogP) is 3.84. The first kappa shape index (κ1) is 15.3. The molecule has 0 radical (unpaired) electrons. The maximum Gasteiger partial charge on any atom is 0.311 e. The summed E-state index contributed by atoms with van der Waals surface area (Å²) in [4.78, 5) is 10.5. The Hall–Kier alpha value is -1.78. The van der Waals surface area contributed by atoms with Crippen molar-refractivity contribution in [2.75, 3.05) is 18.5 Å². The molecule has 1 aromatic carbocycles. The van der Waals surface area contributed by atoms with E-state index in [0.29, 0.717) is 18.3 Å². The summed E-state index contributed by atoms with van der Waals surface area (Å²) in [6, 6.07) is 4.91. The molecule has 0 heterocycles. The molecule has 0 aliphatic heterocycles. The molecule has 1 aromatic rings. The van der Waals surface area contributed by atoms with Gasteiger partial charge in [-0.15, -0.1) is 0 Å². The average molecular weight is 266 g/mol. The van der Waals surface area contributed by atoms with Gasteiger partial charge in [0.15, 0.2) is 5.75 Å². The van der Waals surface area contributed by atoms with Crippen LogP contribution < -0.4 is 10.1 Å². The minimum atomic E-state index is -0.414. The molecule has 0 aliphatic carbocycles. The van der Waals surface area contributed by atoms with Crippen LogP contribution in [-0.2, 0) is 0 Å². The Morgan fingerprint density at radius 1 is 1.42 bits per heavy atom. The van der Waals surface area contributed by atoms with Crippen LogP contribution >= 0.6 is 0 Å². The van der Waals surface area contributed by atoms with Crippen molar-refractivity contribution in [3.8, 4) is 5.75 Å². The van der Waals surface area contributed by atoms with Gasteiger partial charge >= 0.3 is 5.69 Å². The largest absolute Gasteiger partial charge is 0.487 e. The van der Waals surface area contributed by atoms with Crippen molar-refractivity contribution < 1.29 is 9.66 Å². The highest BCUT2D eigenvalue weighted by Gasteiger charge is 2.15. The van der Waals surface area contributed by atoms with E-state index < -0.39 is 4.92 Å². The van der Waals surface area contributed by atoms with Gasteiger partial charge in [0.1, 0.15) is 0 Å². The zero-order valence-corrected chi connectivity index (χ0v) is 11.8. The second-order valence-corrected chi connectivity index (χ2v) is 4.90. The lowest BCUT2D eigenvalue weighted by molar-refractivity contribution is -0.385. The predicted molar refractivity (Wildman–Crippen MR) is 76.8 cm³/mol. The molecule has 0 atom stereocenters. The van der Waals surface area contributed by atoms with Crippen molar-refractivity contribution in [3.63, 3.8) is 0 Å². The summed E-state index contributed by atoms with van der Waals surface area (Å²) in [5.41, 5.74) is 0.875. The zero-order valence-electron chi connectivity index (χ0n) is 11.8. The molecular formula is C14H22N2O3. The van der Waals surface area contributed by atoms with Crippen LogP contribution in [0.15, 0.2) is 18.2 Å². The van der Waals surface area contributed by atoms with Crippen LogP contribution in [0, 0.1) is 16.0 Å². The summed E-state index contributed by atoms with van der Waals surface area (Å²) in [6.45, 7) is 7.62. The smallest absolute Gasteiger partial charge is 0.311 e. The van der Waals surface area contributed by atoms with E-state index in [4.69, 9.17) is 4.74 Å². The Balaban J connectivity index is 2.76. The summed E-state index contributed by atoms with van der Waals surface area (Å²) in [5, 5.41) is 14.2. The lowest BCUT2D eigenvalue weighted by Gasteiger charge is -2.11. The molecule has 106 valence electrons. The van der Waals surface area contributed by atoms with Crippen LogP contribution in [0.3, 0.4) is 0 Å². The Kier molecular flexibility index (Phi) is 6.12. The fourth-order valence-electron chi connectivity index (χ4n) is 1.61. The molecule has 5 nitrogen and oxygen atoms in total. The number of nitro benzene ring substituents is 1. The summed E-state index contributed by atoms with van der Waals surface area (Å²) >= 11 is 0. The summed E-state index contributed by atoms with van der Waals surface area (Å²) in [5.74, 6) is 0.961. The molecule has 1 rings (SSSR count). The lowest BCUT2D eigenvalue weighted by Crippen LogP contribution is -2.06. The van der Waals surface area contributed by atoms with Crippen LogP contribution in [0.1, 0.15) is 33.6 Å². The average Bonchev–Trinajstić information content (AvgIpc) is 2.35. The Bertz CT molecular complexity index is 419. The number of rotatable bonds is 8. The molecule has 0 fully saturated rings. The van der Waals surface area contributed by atoms with Gasteiger partial charge in [0.05, 0.1) is 11.5 Å². The van der Waals surface area contributed by atoms with Gasteiger partial charge < -0.3 is 10.1 Å². The number of benzene rings is 1. The normalized spacial score (nSPS) is 10.5. The third-order valence-corrected chi connectivity index (χ3v) is 2.67. The van der Waals surface area contributed by atoms with Crippen molar-refractivity contribution in [2.45, 2.75) is 33.6 Å². The second kappa shape index (κ2) is 7.61. The third kappa shape index (κ3) is 5.16. The van der Waals surface area contributed by atoms with Crippen LogP contribution in [0.4, 0.5) is 11.4 Å². The lowest BCUT2D eigenvalue weighted by atomic mass is 10.1. The highest BCUT2D eigenvalue weighted by molar-refractivity contribution is 5.57. The molecule has 0 aliphatic rings. The number of nitrogens with zero attached hydrogens (tertiary/aromatic N) is 1. The van der Waals surface area contributed by atoms with Crippen molar-refractivity contribution in [1.29, 1.82) is 0 Å². The molecule has 19 heavy (non-hydrogen) atoms. The monoisotopic (exact) mass is 266 g/mol. The molecule has 5 heteroatoms. The minimum Gasteiger partial charge on any atom is -0.487 e. The van der Waals surface area contributed by atoms with E-state index in [0.717, 1.165) is 25.1 Å². The minimum absolute atomic E-state index is 0.0165. The van der Waals surface area contributed by atoms with Crippen LogP contribution in [0.25, 0.3) is 0 Å². The Morgan fingerprint density at radius 3 is 2.74 bits per heavy atom. The van der Waals surface area contributed by atoms with Gasteiger partial charge in [-0.05, 0) is 24.8 Å². The number of anilines is 1. The second-order valence-electron chi connectivity index (χ2n) is 4.90. The molecule has 0 amide bonds. The molecule has 0 bridgehead atoms. The quantitative estimate of drug-likeness (QED) is 0.573. The van der Waals surface area contributed by atoms with Crippen molar-refractivity contribution >= 4 is 11.4 Å². The molecule has 1 N–H and O–H groups in total. The van der Waals surface area contributed by atoms with Gasteiger partial charge in [-0.25, -0.2) is 0 Å². The molecule has 0 aromatic heterocycles. The van der Waals surface area contributed by atoms with Crippen LogP contribution in [-0.4, -0.2) is 18.1 Å². The van der Waals surface area contributed by atoms with Crippen molar-refractivity contribution in [3.05, 3.63) is 28.3 Å². The SMILES string of the molecule is CCCOc1cc(NCCC(C)C)ccc1[N+](=O)[O-]. The van der Waals surface area contributed by atoms with Crippen molar-refractivity contribution in [1.82, 2.24) is 0 Å². The number of hydrogen-bond acceptors (Lipinski definition) is 4. The van der Waals surface area contributed by atoms with Gasteiger partial charge in [0, 0.05) is 24.4 Å². The first-order valence-corrected chi connectivity index (χ1v) is 6.69. The molecule has 0 unspecified atom stereocenters. The van der Waals surface area contributed by atoms with Gasteiger partial charge in [-0.2, -0.15) is 0 Å². The summed E-state index contributed by atoms with van der Waals surface area (Å²) < 4.78 is 5.43. The third-order valence-electron chi connectivity index (χ3n) is 2.67. The number of hydrogen-bond donors (Lipinski definition) is 1. The number of ether oxygens (including phenoxy) is 1. The fraction of sp³-hybridized carbons (Fsp3) is 0.571. The molecule has 0 spiro atoms. The van der Waals surface area contributed by atoms with Crippen LogP contribution in [0.2, 0.25) is 0 Å². The number of nitrogens with one attached hydrogen (secondary N) is 1. The van der Waals surface area contributed by atoms with Crippen LogP contribution in [0.5, 0.6) is 5.75 Å². The van der Waals surface area contributed by atoms with Gasteiger partial charge in [0.2, 0.25) is 0 Å². The highest BCUT2D eigenvalue weighted by atomic mass is 16.6. The maximum absolute atomic E-state index is 10.9. The molecule has 0 saturated heterocycles. The van der Waals surface area contributed by atoms with E-state index >= 15 is 0 Å². The number of nitro groups is 1.